The zero-order valence-electron chi connectivity index (χ0n) is 7.25. The zero-order chi connectivity index (χ0) is 8.01. The molecule has 11 heavy (non-hydrogen) atoms. The zero-order valence-corrected chi connectivity index (χ0v) is 7.25. The van der Waals surface area contributed by atoms with Crippen LogP contribution < -0.4 is 0 Å². The van der Waals surface area contributed by atoms with E-state index < -0.39 is 0 Å². The summed E-state index contributed by atoms with van der Waals surface area (Å²) in [6.45, 7) is 4.56. The summed E-state index contributed by atoms with van der Waals surface area (Å²) < 4.78 is 0. The van der Waals surface area contributed by atoms with Crippen molar-refractivity contribution in [2.24, 2.45) is 29.6 Å². The lowest BCUT2D eigenvalue weighted by Crippen LogP contribution is -2.23. The van der Waals surface area contributed by atoms with Gasteiger partial charge in [-0.1, -0.05) is 13.8 Å². The molecule has 0 spiro atoms. The van der Waals surface area contributed by atoms with Crippen LogP contribution >= 0.6 is 0 Å². The third-order valence-corrected chi connectivity index (χ3v) is 3.90. The average Bonchev–Trinajstić information content (AvgIpc) is 2.45. The molecule has 60 valence electrons. The lowest BCUT2D eigenvalue weighted by atomic mass is 9.76. The van der Waals surface area contributed by atoms with Crippen LogP contribution in [0.1, 0.15) is 26.7 Å². The Labute approximate surface area is 68.4 Å². The molecule has 1 heteroatoms. The van der Waals surface area contributed by atoms with E-state index in [0.717, 1.165) is 17.8 Å². The second-order valence-corrected chi connectivity index (χ2v) is 4.39. The van der Waals surface area contributed by atoms with E-state index in [-0.39, 0.29) is 0 Å². The molecule has 5 atom stereocenters. The van der Waals surface area contributed by atoms with Crippen molar-refractivity contribution >= 4 is 0 Å². The topological polar surface area (TPSA) is 23.8 Å². The fourth-order valence-corrected chi connectivity index (χ4v) is 3.16. The molecule has 2 aliphatic rings. The molecule has 0 aromatic carbocycles. The van der Waals surface area contributed by atoms with Crippen molar-refractivity contribution in [1.82, 2.24) is 0 Å². The van der Waals surface area contributed by atoms with E-state index in [0.29, 0.717) is 11.8 Å². The van der Waals surface area contributed by atoms with Gasteiger partial charge in [-0.05, 0) is 36.5 Å². The molecule has 0 N–H and O–H groups in total. The molecule has 2 saturated carbocycles. The Morgan fingerprint density at radius 3 is 2.45 bits per heavy atom. The number of hydrogen-bond donors (Lipinski definition) is 0. The molecule has 2 bridgehead atoms. The highest BCUT2D eigenvalue weighted by atomic mass is 14.5. The number of rotatable bonds is 0. The Kier molecular flexibility index (Phi) is 1.45. The van der Waals surface area contributed by atoms with Gasteiger partial charge in [-0.2, -0.15) is 5.26 Å². The lowest BCUT2D eigenvalue weighted by Gasteiger charge is -2.27. The van der Waals surface area contributed by atoms with Gasteiger partial charge in [0.15, 0.2) is 0 Å². The van der Waals surface area contributed by atoms with Gasteiger partial charge in [-0.25, -0.2) is 0 Å². The molecule has 2 rings (SSSR count). The summed E-state index contributed by atoms with van der Waals surface area (Å²) in [6, 6.07) is 2.48. The van der Waals surface area contributed by atoms with E-state index >= 15 is 0 Å². The van der Waals surface area contributed by atoms with Crippen molar-refractivity contribution in [2.75, 3.05) is 0 Å². The molecule has 0 heterocycles. The minimum absolute atomic E-state index is 0.378. The molecule has 0 unspecified atom stereocenters. The van der Waals surface area contributed by atoms with Crippen molar-refractivity contribution in [2.45, 2.75) is 26.7 Å². The van der Waals surface area contributed by atoms with Crippen molar-refractivity contribution in [3.63, 3.8) is 0 Å². The van der Waals surface area contributed by atoms with Gasteiger partial charge < -0.3 is 0 Å². The first kappa shape index (κ1) is 7.16. The third kappa shape index (κ3) is 0.819. The smallest absolute Gasteiger partial charge is 0.0661 e. The molecular formula is C10H15N. The van der Waals surface area contributed by atoms with Crippen LogP contribution in [0.25, 0.3) is 0 Å². The van der Waals surface area contributed by atoms with E-state index in [1.807, 2.05) is 0 Å². The van der Waals surface area contributed by atoms with Crippen LogP contribution in [0.2, 0.25) is 0 Å². The predicted molar refractivity (Wildman–Crippen MR) is 43.6 cm³/mol. The quantitative estimate of drug-likeness (QED) is 0.519. The Balaban J connectivity index is 2.21. The van der Waals surface area contributed by atoms with Gasteiger partial charge in [0.05, 0.1) is 12.0 Å². The molecule has 0 aromatic heterocycles. The lowest BCUT2D eigenvalue weighted by molar-refractivity contribution is 0.231. The summed E-state index contributed by atoms with van der Waals surface area (Å²) >= 11 is 0. The maximum Gasteiger partial charge on any atom is 0.0661 e. The number of fused-ring (bicyclic) bond motifs is 2. The molecule has 0 aliphatic heterocycles. The minimum Gasteiger partial charge on any atom is -0.198 e. The van der Waals surface area contributed by atoms with Gasteiger partial charge in [0.2, 0.25) is 0 Å². The average molecular weight is 149 g/mol. The maximum absolute atomic E-state index is 8.93. The number of hydrogen-bond acceptors (Lipinski definition) is 1. The first-order chi connectivity index (χ1) is 5.24. The Morgan fingerprint density at radius 2 is 2.00 bits per heavy atom. The molecule has 0 aromatic rings. The first-order valence-corrected chi connectivity index (χ1v) is 4.63. The Hall–Kier alpha value is -0.510. The highest BCUT2D eigenvalue weighted by Gasteiger charge is 2.48. The summed E-state index contributed by atoms with van der Waals surface area (Å²) in [6.07, 6.45) is 2.71. The summed E-state index contributed by atoms with van der Waals surface area (Å²) in [5.74, 6) is 3.49. The Morgan fingerprint density at radius 1 is 1.27 bits per heavy atom. The van der Waals surface area contributed by atoms with Gasteiger partial charge in [0.1, 0.15) is 0 Å². The van der Waals surface area contributed by atoms with Crippen LogP contribution in [0, 0.1) is 40.9 Å². The fourth-order valence-electron chi connectivity index (χ4n) is 3.16. The summed E-state index contributed by atoms with van der Waals surface area (Å²) in [7, 11) is 0. The molecule has 2 aliphatic carbocycles. The number of nitriles is 1. The molecule has 0 amide bonds. The summed E-state index contributed by atoms with van der Waals surface area (Å²) in [4.78, 5) is 0. The number of nitrogens with zero attached hydrogens (tertiary/aromatic N) is 1. The van der Waals surface area contributed by atoms with Crippen molar-refractivity contribution in [1.29, 1.82) is 5.26 Å². The van der Waals surface area contributed by atoms with Crippen LogP contribution in [-0.2, 0) is 0 Å². The van der Waals surface area contributed by atoms with Crippen LogP contribution in [0.3, 0.4) is 0 Å². The highest BCUT2D eigenvalue weighted by Crippen LogP contribution is 2.54. The molecule has 2 fully saturated rings. The van der Waals surface area contributed by atoms with Crippen LogP contribution in [0.5, 0.6) is 0 Å². The van der Waals surface area contributed by atoms with Crippen molar-refractivity contribution < 1.29 is 0 Å². The summed E-state index contributed by atoms with van der Waals surface area (Å²) in [5.41, 5.74) is 0. The van der Waals surface area contributed by atoms with Crippen LogP contribution in [-0.4, -0.2) is 0 Å². The third-order valence-electron chi connectivity index (χ3n) is 3.90. The van der Waals surface area contributed by atoms with Crippen LogP contribution in [0.15, 0.2) is 0 Å². The largest absolute Gasteiger partial charge is 0.198 e. The predicted octanol–water partition coefficient (Wildman–Crippen LogP) is 2.44. The second kappa shape index (κ2) is 2.24. The van der Waals surface area contributed by atoms with Crippen molar-refractivity contribution in [3.8, 4) is 6.07 Å². The molecule has 0 radical (unpaired) electrons. The summed E-state index contributed by atoms with van der Waals surface area (Å²) in [5, 5.41) is 8.93. The van der Waals surface area contributed by atoms with E-state index in [2.05, 4.69) is 19.9 Å². The molecular weight excluding hydrogens is 134 g/mol. The fraction of sp³-hybridized carbons (Fsp3) is 0.900. The second-order valence-electron chi connectivity index (χ2n) is 4.39. The standard InChI is InChI=1S/C10H15N/c1-6-3-8-4-9(6)10(5-11)7(8)2/h6-10H,3-4H2,1-2H3/t6-,7+,8-,9-,10+/m1/s1. The van der Waals surface area contributed by atoms with Gasteiger partial charge in [0.25, 0.3) is 0 Å². The SMILES string of the molecule is C[C@H]1[C@H]2C[C@@H]([C@H]1C#N)[C@H](C)C2. The van der Waals surface area contributed by atoms with Crippen LogP contribution in [0.4, 0.5) is 0 Å². The first-order valence-electron chi connectivity index (χ1n) is 4.63. The van der Waals surface area contributed by atoms with E-state index in [1.54, 1.807) is 0 Å². The minimum atomic E-state index is 0.378. The molecule has 1 nitrogen and oxygen atoms in total. The monoisotopic (exact) mass is 149 g/mol. The van der Waals surface area contributed by atoms with Crippen molar-refractivity contribution in [3.05, 3.63) is 0 Å². The highest BCUT2D eigenvalue weighted by molar-refractivity contribution is 5.05. The van der Waals surface area contributed by atoms with Gasteiger partial charge >= 0.3 is 0 Å². The maximum atomic E-state index is 8.93. The Bertz CT molecular complexity index is 203. The van der Waals surface area contributed by atoms with E-state index in [4.69, 9.17) is 5.26 Å². The van der Waals surface area contributed by atoms with Gasteiger partial charge in [0, 0.05) is 0 Å². The van der Waals surface area contributed by atoms with E-state index in [1.165, 1.54) is 12.8 Å². The van der Waals surface area contributed by atoms with E-state index in [9.17, 15) is 0 Å². The molecule has 0 saturated heterocycles. The van der Waals surface area contributed by atoms with Gasteiger partial charge in [-0.15, -0.1) is 0 Å². The normalized spacial score (nSPS) is 54.5. The van der Waals surface area contributed by atoms with Gasteiger partial charge in [-0.3, -0.25) is 0 Å².